The highest BCUT2D eigenvalue weighted by atomic mass is 79.9. The number of piperazine rings is 1. The molecule has 1 saturated heterocycles. The van der Waals surface area contributed by atoms with Crippen LogP contribution in [-0.4, -0.2) is 157 Å². The van der Waals surface area contributed by atoms with Crippen molar-refractivity contribution in [3.63, 3.8) is 0 Å². The zero-order valence-corrected chi connectivity index (χ0v) is 44.9. The first-order valence-electron chi connectivity index (χ1n) is 26.2. The van der Waals surface area contributed by atoms with E-state index in [0.29, 0.717) is 80.0 Å². The van der Waals surface area contributed by atoms with Gasteiger partial charge in [-0.3, -0.25) is 38.5 Å². The van der Waals surface area contributed by atoms with Crippen molar-refractivity contribution in [2.24, 2.45) is 17.6 Å². The molecule has 404 valence electrons. The molecule has 0 aliphatic carbocycles. The van der Waals surface area contributed by atoms with Crippen LogP contribution in [0.4, 0.5) is 21.0 Å². The van der Waals surface area contributed by atoms with Gasteiger partial charge in [-0.1, -0.05) is 54.0 Å². The van der Waals surface area contributed by atoms with Gasteiger partial charge in [0, 0.05) is 136 Å². The number of benzene rings is 3. The predicted molar refractivity (Wildman–Crippen MR) is 291 cm³/mol. The summed E-state index contributed by atoms with van der Waals surface area (Å²) in [4.78, 5) is 129. The number of likely N-dealkylation sites (N-methyl/N-ethyl adjacent to an activating group) is 1. The molecule has 0 bridgehead atoms. The quantitative estimate of drug-likeness (QED) is 0.0378. The molecule has 0 saturated carbocycles. The van der Waals surface area contributed by atoms with Crippen molar-refractivity contribution in [2.75, 3.05) is 87.6 Å². The minimum atomic E-state index is -0.762. The number of hydrogen-bond acceptors (Lipinski definition) is 12. The molecule has 4 aromatic rings. The normalized spacial score (nSPS) is 17.1. The van der Waals surface area contributed by atoms with E-state index in [1.165, 1.54) is 12.2 Å². The highest BCUT2D eigenvalue weighted by molar-refractivity contribution is 9.09. The molecule has 76 heavy (non-hydrogen) atoms. The number of carbonyl (C=O) groups excluding carboxylic acids is 9. The highest BCUT2D eigenvalue weighted by Gasteiger charge is 2.38. The molecule has 20 nitrogen and oxygen atoms in total. The third kappa shape index (κ3) is 12.6. The second-order valence-electron chi connectivity index (χ2n) is 20.4. The van der Waals surface area contributed by atoms with E-state index in [1.807, 2.05) is 69.4 Å². The van der Waals surface area contributed by atoms with E-state index in [0.717, 1.165) is 50.8 Å². The fourth-order valence-corrected chi connectivity index (χ4v) is 11.2. The van der Waals surface area contributed by atoms with Gasteiger partial charge in [-0.25, -0.2) is 9.59 Å². The number of rotatable bonds is 23. The minimum Gasteiger partial charge on any atom is -0.409 e. The molecule has 21 heteroatoms. The van der Waals surface area contributed by atoms with Gasteiger partial charge in [-0.2, -0.15) is 0 Å². The number of Topliss-reactive ketones (excluding diaryl/α,β-unsaturated/α-hetero) is 2. The van der Waals surface area contributed by atoms with Gasteiger partial charge in [0.1, 0.15) is 17.2 Å². The molecular weight excluding hydrogens is 1040 g/mol. The number of primary amides is 1. The number of ketones is 2. The second kappa shape index (κ2) is 24.8. The van der Waals surface area contributed by atoms with Gasteiger partial charge in [0.05, 0.1) is 18.3 Å². The number of aromatic amines is 1. The second-order valence-corrected chi connectivity index (χ2v) is 21.0. The SMILES string of the molecule is CC(C)[C@H](NCC(=O)CCCNC(=O)CCCN1C(=O)C=CC1=O)C(=O)C[C@@H](CCCNC(N)=O)C(=O)N1CCc2c1ccc1[nH]c(C(=O)N3C[C@@H](CBr)c4c3cc(OC(=O)N3CCN(C)CC3)c3ccccc43)cc21. The van der Waals surface area contributed by atoms with Crippen molar-refractivity contribution in [3.8, 4) is 5.75 Å². The minimum absolute atomic E-state index is 0.0377. The summed E-state index contributed by atoms with van der Waals surface area (Å²) in [5.74, 6) is -2.57. The Bertz CT molecular complexity index is 2930. The summed E-state index contributed by atoms with van der Waals surface area (Å²) in [6, 6.07) is 13.7. The van der Waals surface area contributed by atoms with E-state index in [2.05, 4.69) is 41.8 Å². The number of halogens is 1. The Kier molecular flexibility index (Phi) is 18.0. The fraction of sp³-hybridized carbons (Fsp3) is 0.473. The summed E-state index contributed by atoms with van der Waals surface area (Å²) in [7, 11) is 2.02. The first-order chi connectivity index (χ1) is 36.5. The maximum absolute atomic E-state index is 14.7. The first kappa shape index (κ1) is 55.3. The van der Waals surface area contributed by atoms with Crippen LogP contribution in [0.1, 0.15) is 86.3 Å². The molecule has 0 unspecified atom stereocenters. The van der Waals surface area contributed by atoms with Crippen LogP contribution in [0.3, 0.4) is 0 Å². The first-order valence-corrected chi connectivity index (χ1v) is 27.3. The number of alkyl halides is 1. The molecular formula is C55H67BrN10O10. The fourth-order valence-electron chi connectivity index (χ4n) is 10.7. The number of nitrogens with zero attached hydrogens (tertiary/aromatic N) is 5. The summed E-state index contributed by atoms with van der Waals surface area (Å²) in [6.07, 6.45) is 3.97. The number of anilines is 2. The molecule has 1 fully saturated rings. The lowest BCUT2D eigenvalue weighted by Gasteiger charge is -2.31. The zero-order chi connectivity index (χ0) is 54.2. The van der Waals surface area contributed by atoms with Crippen LogP contribution in [0.5, 0.6) is 5.75 Å². The number of nitrogens with one attached hydrogen (secondary N) is 4. The monoisotopic (exact) mass is 1110 g/mol. The lowest BCUT2D eigenvalue weighted by atomic mass is 9.89. The van der Waals surface area contributed by atoms with Gasteiger partial charge in [0.2, 0.25) is 11.8 Å². The predicted octanol–water partition coefficient (Wildman–Crippen LogP) is 4.90. The molecule has 3 aromatic carbocycles. The van der Waals surface area contributed by atoms with E-state index in [1.54, 1.807) is 14.7 Å². The maximum atomic E-state index is 14.7. The molecule has 0 spiro atoms. The van der Waals surface area contributed by atoms with Gasteiger partial charge >= 0.3 is 12.1 Å². The largest absolute Gasteiger partial charge is 0.415 e. The number of hydrogen-bond donors (Lipinski definition) is 5. The smallest absolute Gasteiger partial charge is 0.409 e. The van der Waals surface area contributed by atoms with Crippen LogP contribution in [-0.2, 0) is 35.2 Å². The van der Waals surface area contributed by atoms with Gasteiger partial charge in [0.25, 0.3) is 17.7 Å². The van der Waals surface area contributed by atoms with Crippen molar-refractivity contribution in [2.45, 2.75) is 77.2 Å². The summed E-state index contributed by atoms with van der Waals surface area (Å²) < 4.78 is 6.12. The number of nitrogens with two attached hydrogens (primary N) is 1. The number of fused-ring (bicyclic) bond motifs is 6. The Hall–Kier alpha value is -6.97. The molecule has 4 aliphatic rings. The number of aromatic nitrogens is 1. The number of urea groups is 1. The van der Waals surface area contributed by atoms with E-state index in [9.17, 15) is 43.2 Å². The van der Waals surface area contributed by atoms with Crippen LogP contribution >= 0.6 is 15.9 Å². The van der Waals surface area contributed by atoms with E-state index < -0.39 is 35.9 Å². The molecule has 3 atom stereocenters. The zero-order valence-electron chi connectivity index (χ0n) is 43.3. The number of H-pyrrole nitrogens is 1. The van der Waals surface area contributed by atoms with Crippen LogP contribution in [0.25, 0.3) is 21.7 Å². The lowest BCUT2D eigenvalue weighted by molar-refractivity contribution is -0.137. The molecule has 1 aromatic heterocycles. The third-order valence-corrected chi connectivity index (χ3v) is 15.6. The average Bonchev–Trinajstić information content (AvgIpc) is 4.22. The Balaban J connectivity index is 0.921. The average molecular weight is 1110 g/mol. The van der Waals surface area contributed by atoms with Crippen molar-refractivity contribution in [3.05, 3.63) is 77.5 Å². The topological polar surface area (TPSA) is 257 Å². The molecule has 6 N–H and O–H groups in total. The maximum Gasteiger partial charge on any atom is 0.415 e. The van der Waals surface area contributed by atoms with Crippen molar-refractivity contribution < 1.29 is 47.9 Å². The Morgan fingerprint density at radius 1 is 0.829 bits per heavy atom. The molecule has 8 amide bonds. The van der Waals surface area contributed by atoms with E-state index >= 15 is 0 Å². The summed E-state index contributed by atoms with van der Waals surface area (Å²) in [5, 5.41) is 11.5. The van der Waals surface area contributed by atoms with Crippen molar-refractivity contribution in [1.82, 2.24) is 35.6 Å². The van der Waals surface area contributed by atoms with Crippen molar-refractivity contribution in [1.29, 1.82) is 0 Å². The molecule has 5 heterocycles. The Morgan fingerprint density at radius 2 is 1.55 bits per heavy atom. The number of carbonyl (C=O) groups is 9. The van der Waals surface area contributed by atoms with Gasteiger partial charge in [-0.05, 0) is 79.8 Å². The number of ether oxygens (including phenoxy) is 1. The van der Waals surface area contributed by atoms with Crippen LogP contribution in [0.2, 0.25) is 0 Å². The number of amides is 8. The Morgan fingerprint density at radius 3 is 2.26 bits per heavy atom. The van der Waals surface area contributed by atoms with E-state index in [4.69, 9.17) is 10.5 Å². The van der Waals surface area contributed by atoms with Gasteiger partial charge < -0.3 is 51.0 Å². The van der Waals surface area contributed by atoms with Crippen LogP contribution in [0, 0.1) is 11.8 Å². The standard InChI is InChI=1S/C55H67BrN10O10/c1-33(2)51(60-31-36(67)10-7-19-58-47(69)13-8-21-65-48(70)16-17-49(65)71)45(68)27-34(9-6-20-59-54(57)74)52(72)64-22-18-37-40-28-42(61-41(40)14-15-43(37)64)53(73)66-32-35(30-56)50-39-12-5-4-11-38(39)46(29-44(50)66)76-55(75)63-25-23-62(3)24-26-63/h4-5,11-12,14-17,28-29,33-35,51,60-61H,6-10,13,18-27,30-32H2,1-3H3,(H,58,69)(H3,57,59,74)/t34-,35-,51+/m1/s1. The summed E-state index contributed by atoms with van der Waals surface area (Å²) in [6.45, 7) is 7.58. The van der Waals surface area contributed by atoms with Gasteiger partial charge in [0.15, 0.2) is 5.78 Å². The molecule has 0 radical (unpaired) electrons. The lowest BCUT2D eigenvalue weighted by Crippen LogP contribution is -2.48. The van der Waals surface area contributed by atoms with Crippen molar-refractivity contribution >= 4 is 102 Å². The summed E-state index contributed by atoms with van der Waals surface area (Å²) in [5.41, 5.74) is 9.64. The van der Waals surface area contributed by atoms with Crippen LogP contribution in [0.15, 0.2) is 60.7 Å². The third-order valence-electron chi connectivity index (χ3n) is 14.8. The van der Waals surface area contributed by atoms with E-state index in [-0.39, 0.29) is 93.0 Å². The molecule has 4 aliphatic heterocycles. The highest BCUT2D eigenvalue weighted by Crippen LogP contribution is 2.47. The van der Waals surface area contributed by atoms with Gasteiger partial charge in [-0.15, -0.1) is 0 Å². The molecule has 8 rings (SSSR count). The summed E-state index contributed by atoms with van der Waals surface area (Å²) >= 11 is 3.70. The van der Waals surface area contributed by atoms with Crippen LogP contribution < -0.4 is 36.2 Å². The number of imide groups is 1. The Labute approximate surface area is 449 Å².